The molecule has 3 nitrogen and oxygen atoms in total. The third kappa shape index (κ3) is 3.92. The summed E-state index contributed by atoms with van der Waals surface area (Å²) in [6, 6.07) is 2.55. The second kappa shape index (κ2) is 6.66. The van der Waals surface area contributed by atoms with Gasteiger partial charge in [-0.05, 0) is 31.0 Å². The van der Waals surface area contributed by atoms with Crippen molar-refractivity contribution in [2.75, 3.05) is 32.2 Å². The molecule has 0 radical (unpaired) electrons. The van der Waals surface area contributed by atoms with Gasteiger partial charge in [-0.15, -0.1) is 0 Å². The Hall–Kier alpha value is -1.20. The topological polar surface area (TPSA) is 38.5 Å². The van der Waals surface area contributed by atoms with Crippen LogP contribution in [0.4, 0.5) is 14.5 Å². The van der Waals surface area contributed by atoms with E-state index in [9.17, 15) is 8.78 Å². The summed E-state index contributed by atoms with van der Waals surface area (Å²) in [7, 11) is 3.18. The molecule has 0 aromatic heterocycles. The van der Waals surface area contributed by atoms with E-state index in [0.29, 0.717) is 25.1 Å². The summed E-state index contributed by atoms with van der Waals surface area (Å²) in [5.74, 6) is -1.13. The van der Waals surface area contributed by atoms with E-state index in [2.05, 4.69) is 0 Å². The van der Waals surface area contributed by atoms with Crippen LogP contribution in [0, 0.1) is 11.6 Å². The minimum Gasteiger partial charge on any atom is -0.383 e. The summed E-state index contributed by atoms with van der Waals surface area (Å²) < 4.78 is 32.6. The lowest BCUT2D eigenvalue weighted by molar-refractivity contribution is 0.206. The fraction of sp³-hybridized carbons (Fsp3) is 0.538. The number of hydrogen-bond acceptors (Lipinski definition) is 3. The Morgan fingerprint density at radius 1 is 1.33 bits per heavy atom. The highest BCUT2D eigenvalue weighted by Crippen LogP contribution is 2.24. The molecule has 1 aromatic carbocycles. The fourth-order valence-electron chi connectivity index (χ4n) is 1.81. The molecule has 1 rings (SSSR count). The molecular formula is C13H20F2N2O. The van der Waals surface area contributed by atoms with Crippen LogP contribution in [-0.2, 0) is 11.2 Å². The van der Waals surface area contributed by atoms with Crippen molar-refractivity contribution in [2.24, 2.45) is 5.73 Å². The smallest absolute Gasteiger partial charge is 0.149 e. The van der Waals surface area contributed by atoms with Crippen LogP contribution in [0.2, 0.25) is 0 Å². The third-order valence-corrected chi connectivity index (χ3v) is 2.65. The minimum absolute atomic E-state index is 0.0273. The Morgan fingerprint density at radius 2 is 1.89 bits per heavy atom. The van der Waals surface area contributed by atoms with Crippen LogP contribution in [0.15, 0.2) is 12.1 Å². The summed E-state index contributed by atoms with van der Waals surface area (Å²) in [5, 5.41) is 0. The van der Waals surface area contributed by atoms with Gasteiger partial charge in [0.25, 0.3) is 0 Å². The van der Waals surface area contributed by atoms with Crippen molar-refractivity contribution in [1.29, 1.82) is 0 Å². The molecule has 1 aromatic rings. The highest BCUT2D eigenvalue weighted by atomic mass is 19.1. The average Bonchev–Trinajstić information content (AvgIpc) is 2.24. The van der Waals surface area contributed by atoms with Crippen LogP contribution in [0.5, 0.6) is 0 Å². The van der Waals surface area contributed by atoms with Crippen LogP contribution in [0.25, 0.3) is 0 Å². The molecule has 5 heteroatoms. The van der Waals surface area contributed by atoms with Crippen LogP contribution in [0.3, 0.4) is 0 Å². The number of anilines is 1. The Bertz CT molecular complexity index is 374. The zero-order valence-corrected chi connectivity index (χ0v) is 11.0. The van der Waals surface area contributed by atoms with Crippen LogP contribution >= 0.6 is 0 Å². The van der Waals surface area contributed by atoms with Crippen molar-refractivity contribution in [1.82, 2.24) is 0 Å². The number of ether oxygens (including phenoxy) is 1. The number of halogens is 2. The van der Waals surface area contributed by atoms with E-state index in [4.69, 9.17) is 10.5 Å². The van der Waals surface area contributed by atoms with Gasteiger partial charge in [-0.25, -0.2) is 8.78 Å². The molecule has 1 unspecified atom stereocenters. The van der Waals surface area contributed by atoms with Gasteiger partial charge in [0.2, 0.25) is 0 Å². The van der Waals surface area contributed by atoms with Gasteiger partial charge in [0.15, 0.2) is 0 Å². The van der Waals surface area contributed by atoms with Crippen molar-refractivity contribution < 1.29 is 13.5 Å². The summed E-state index contributed by atoms with van der Waals surface area (Å²) in [6.45, 7) is 2.64. The first kappa shape index (κ1) is 14.9. The van der Waals surface area contributed by atoms with Gasteiger partial charge in [0, 0.05) is 26.7 Å². The highest BCUT2D eigenvalue weighted by Gasteiger charge is 2.15. The van der Waals surface area contributed by atoms with E-state index in [1.807, 2.05) is 0 Å². The lowest BCUT2D eigenvalue weighted by Crippen LogP contribution is -2.24. The number of hydrogen-bond donors (Lipinski definition) is 1. The Balaban J connectivity index is 2.93. The van der Waals surface area contributed by atoms with E-state index < -0.39 is 11.6 Å². The van der Waals surface area contributed by atoms with Gasteiger partial charge in [-0.1, -0.05) is 0 Å². The molecule has 0 fully saturated rings. The molecule has 0 saturated carbocycles. The molecule has 0 aliphatic heterocycles. The molecule has 0 saturated heterocycles. The number of rotatable bonds is 6. The van der Waals surface area contributed by atoms with Gasteiger partial charge < -0.3 is 15.4 Å². The molecule has 102 valence electrons. The predicted molar refractivity (Wildman–Crippen MR) is 68.9 cm³/mol. The van der Waals surface area contributed by atoms with E-state index in [1.165, 1.54) is 17.0 Å². The molecule has 0 amide bonds. The van der Waals surface area contributed by atoms with Crippen molar-refractivity contribution >= 4 is 5.69 Å². The van der Waals surface area contributed by atoms with E-state index in [1.54, 1.807) is 21.1 Å². The number of nitrogens with two attached hydrogens (primary N) is 1. The van der Waals surface area contributed by atoms with E-state index >= 15 is 0 Å². The van der Waals surface area contributed by atoms with Crippen molar-refractivity contribution in [3.63, 3.8) is 0 Å². The Labute approximate surface area is 107 Å². The second-order valence-corrected chi connectivity index (χ2v) is 4.50. The van der Waals surface area contributed by atoms with Crippen molar-refractivity contribution in [2.45, 2.75) is 19.4 Å². The van der Waals surface area contributed by atoms with Crippen molar-refractivity contribution in [3.8, 4) is 0 Å². The summed E-state index contributed by atoms with van der Waals surface area (Å²) >= 11 is 0. The van der Waals surface area contributed by atoms with Gasteiger partial charge in [-0.2, -0.15) is 0 Å². The molecule has 0 aliphatic carbocycles. The summed E-state index contributed by atoms with van der Waals surface area (Å²) in [6.07, 6.45) is 0.454. The molecule has 18 heavy (non-hydrogen) atoms. The highest BCUT2D eigenvalue weighted by molar-refractivity contribution is 5.50. The zero-order valence-electron chi connectivity index (χ0n) is 11.0. The quantitative estimate of drug-likeness (QED) is 0.847. The van der Waals surface area contributed by atoms with Crippen molar-refractivity contribution in [3.05, 3.63) is 29.3 Å². The van der Waals surface area contributed by atoms with Gasteiger partial charge in [0.05, 0.1) is 6.61 Å². The standard InChI is InChI=1S/C13H20F2N2O/c1-9(16)6-10-7-11(14)13(12(15)8-10)17(2)4-5-18-3/h7-9H,4-6,16H2,1-3H3. The molecule has 0 aliphatic rings. The molecule has 2 N–H and O–H groups in total. The lowest BCUT2D eigenvalue weighted by atomic mass is 10.1. The molecule has 1 atom stereocenters. The number of nitrogens with zero attached hydrogens (tertiary/aromatic N) is 1. The minimum atomic E-state index is -0.566. The monoisotopic (exact) mass is 258 g/mol. The maximum atomic E-state index is 13.9. The predicted octanol–water partition coefficient (Wildman–Crippen LogP) is 1.94. The molecule has 0 heterocycles. The fourth-order valence-corrected chi connectivity index (χ4v) is 1.81. The molecule has 0 spiro atoms. The SMILES string of the molecule is COCCN(C)c1c(F)cc(CC(C)N)cc1F. The first-order chi connectivity index (χ1) is 8.45. The van der Waals surface area contributed by atoms with Gasteiger partial charge in [-0.3, -0.25) is 0 Å². The maximum absolute atomic E-state index is 13.9. The van der Waals surface area contributed by atoms with Crippen LogP contribution in [-0.4, -0.2) is 33.4 Å². The third-order valence-electron chi connectivity index (χ3n) is 2.65. The lowest BCUT2D eigenvalue weighted by Gasteiger charge is -2.21. The second-order valence-electron chi connectivity index (χ2n) is 4.50. The van der Waals surface area contributed by atoms with Crippen LogP contribution in [0.1, 0.15) is 12.5 Å². The largest absolute Gasteiger partial charge is 0.383 e. The molecule has 0 bridgehead atoms. The maximum Gasteiger partial charge on any atom is 0.149 e. The summed E-state index contributed by atoms with van der Waals surface area (Å²) in [4.78, 5) is 1.50. The Morgan fingerprint density at radius 3 is 2.33 bits per heavy atom. The zero-order chi connectivity index (χ0) is 13.7. The average molecular weight is 258 g/mol. The van der Waals surface area contributed by atoms with Crippen LogP contribution < -0.4 is 10.6 Å². The normalized spacial score (nSPS) is 12.6. The number of benzene rings is 1. The van der Waals surface area contributed by atoms with Gasteiger partial charge in [0.1, 0.15) is 17.3 Å². The first-order valence-corrected chi connectivity index (χ1v) is 5.89. The number of likely N-dealkylation sites (N-methyl/N-ethyl adjacent to an activating group) is 1. The van der Waals surface area contributed by atoms with E-state index in [-0.39, 0.29) is 11.7 Å². The first-order valence-electron chi connectivity index (χ1n) is 5.89. The molecular weight excluding hydrogens is 238 g/mol. The van der Waals surface area contributed by atoms with Gasteiger partial charge >= 0.3 is 0 Å². The summed E-state index contributed by atoms with van der Waals surface area (Å²) in [5.41, 5.74) is 6.16. The number of methoxy groups -OCH3 is 1. The Kier molecular flexibility index (Phi) is 5.50. The van der Waals surface area contributed by atoms with E-state index in [0.717, 1.165) is 0 Å².